The highest BCUT2D eigenvalue weighted by molar-refractivity contribution is 5.97. The minimum atomic E-state index is -0.150. The topological polar surface area (TPSA) is 81.8 Å². The quantitative estimate of drug-likeness (QED) is 0.817. The van der Waals surface area contributed by atoms with E-state index in [1.165, 1.54) is 0 Å². The van der Waals surface area contributed by atoms with E-state index in [2.05, 4.69) is 10.6 Å². The highest BCUT2D eigenvalue weighted by Crippen LogP contribution is 2.30. The van der Waals surface area contributed by atoms with Crippen LogP contribution in [0.5, 0.6) is 0 Å². The van der Waals surface area contributed by atoms with Gasteiger partial charge in [-0.15, -0.1) is 0 Å². The van der Waals surface area contributed by atoms with Crippen LogP contribution in [0, 0.1) is 12.8 Å². The maximum Gasteiger partial charge on any atom is 0.321 e. The van der Waals surface area contributed by atoms with Gasteiger partial charge in [-0.3, -0.25) is 9.59 Å². The van der Waals surface area contributed by atoms with Gasteiger partial charge in [-0.1, -0.05) is 12.1 Å². The van der Waals surface area contributed by atoms with E-state index in [1.807, 2.05) is 31.2 Å². The molecule has 156 valence electrons. The minimum absolute atomic E-state index is 0.0501. The van der Waals surface area contributed by atoms with Crippen molar-refractivity contribution in [2.45, 2.75) is 19.8 Å². The lowest BCUT2D eigenvalue weighted by atomic mass is 10.1. The summed E-state index contributed by atoms with van der Waals surface area (Å²) in [5, 5.41) is 5.79. The molecular formula is C23H26N4O3. The van der Waals surface area contributed by atoms with E-state index >= 15 is 0 Å². The fraction of sp³-hybridized carbons (Fsp3) is 0.348. The summed E-state index contributed by atoms with van der Waals surface area (Å²) in [7, 11) is 0. The molecule has 1 saturated heterocycles. The number of urea groups is 1. The second kappa shape index (κ2) is 8.57. The van der Waals surface area contributed by atoms with E-state index in [0.29, 0.717) is 37.4 Å². The minimum Gasteiger partial charge on any atom is -0.335 e. The first kappa shape index (κ1) is 19.9. The van der Waals surface area contributed by atoms with Gasteiger partial charge in [-0.25, -0.2) is 4.79 Å². The molecule has 0 aromatic heterocycles. The van der Waals surface area contributed by atoms with E-state index in [4.69, 9.17) is 0 Å². The van der Waals surface area contributed by atoms with Crippen LogP contribution in [-0.2, 0) is 4.79 Å². The SMILES string of the molecule is Cc1cccc(NC(=O)N2CCN(C(=O)c3ccc(NC(=O)C4CC4)cc3)CC2)c1. The Labute approximate surface area is 176 Å². The molecule has 0 spiro atoms. The summed E-state index contributed by atoms with van der Waals surface area (Å²) in [6.07, 6.45) is 1.91. The molecule has 4 rings (SSSR count). The number of rotatable bonds is 4. The molecule has 2 fully saturated rings. The normalized spacial score (nSPS) is 16.2. The third-order valence-electron chi connectivity index (χ3n) is 5.47. The number of amides is 4. The van der Waals surface area contributed by atoms with Crippen LogP contribution in [0.1, 0.15) is 28.8 Å². The summed E-state index contributed by atoms with van der Waals surface area (Å²) in [6.45, 7) is 3.92. The number of hydrogen-bond donors (Lipinski definition) is 2. The number of nitrogens with one attached hydrogen (secondary N) is 2. The van der Waals surface area contributed by atoms with Gasteiger partial charge >= 0.3 is 6.03 Å². The van der Waals surface area contributed by atoms with Gasteiger partial charge in [0.25, 0.3) is 5.91 Å². The van der Waals surface area contributed by atoms with E-state index in [0.717, 1.165) is 24.1 Å². The van der Waals surface area contributed by atoms with E-state index in [1.54, 1.807) is 34.1 Å². The zero-order valence-corrected chi connectivity index (χ0v) is 17.1. The van der Waals surface area contributed by atoms with Crippen molar-refractivity contribution in [1.82, 2.24) is 9.80 Å². The number of aryl methyl sites for hydroxylation is 1. The second-order valence-electron chi connectivity index (χ2n) is 7.92. The molecule has 30 heavy (non-hydrogen) atoms. The first-order valence-electron chi connectivity index (χ1n) is 10.3. The Morgan fingerprint density at radius 2 is 1.50 bits per heavy atom. The lowest BCUT2D eigenvalue weighted by Gasteiger charge is -2.34. The van der Waals surface area contributed by atoms with Gasteiger partial charge in [-0.2, -0.15) is 0 Å². The largest absolute Gasteiger partial charge is 0.335 e. The number of anilines is 2. The molecule has 1 heterocycles. The van der Waals surface area contributed by atoms with Gasteiger partial charge in [0.05, 0.1) is 0 Å². The maximum atomic E-state index is 12.8. The Kier molecular flexibility index (Phi) is 5.70. The third-order valence-corrected chi connectivity index (χ3v) is 5.47. The zero-order valence-electron chi connectivity index (χ0n) is 17.1. The average molecular weight is 406 g/mol. The highest BCUT2D eigenvalue weighted by Gasteiger charge is 2.29. The van der Waals surface area contributed by atoms with E-state index in [9.17, 15) is 14.4 Å². The fourth-order valence-corrected chi connectivity index (χ4v) is 3.51. The van der Waals surface area contributed by atoms with Crippen LogP contribution in [0.2, 0.25) is 0 Å². The molecule has 7 nitrogen and oxygen atoms in total. The first-order chi connectivity index (χ1) is 14.5. The Hall–Kier alpha value is -3.35. The Bertz CT molecular complexity index is 945. The van der Waals surface area contributed by atoms with Gasteiger partial charge in [0, 0.05) is 49.0 Å². The molecule has 2 aromatic carbocycles. The molecule has 1 aliphatic carbocycles. The summed E-state index contributed by atoms with van der Waals surface area (Å²) < 4.78 is 0. The van der Waals surface area contributed by atoms with Crippen LogP contribution in [0.15, 0.2) is 48.5 Å². The van der Waals surface area contributed by atoms with Gasteiger partial charge in [-0.05, 0) is 61.7 Å². The fourth-order valence-electron chi connectivity index (χ4n) is 3.51. The maximum absolute atomic E-state index is 12.8. The molecule has 2 aliphatic rings. The molecule has 0 atom stereocenters. The lowest BCUT2D eigenvalue weighted by Crippen LogP contribution is -2.51. The first-order valence-corrected chi connectivity index (χ1v) is 10.3. The molecule has 0 bridgehead atoms. The van der Waals surface area contributed by atoms with Crippen molar-refractivity contribution in [3.63, 3.8) is 0 Å². The van der Waals surface area contributed by atoms with Crippen LogP contribution in [-0.4, -0.2) is 53.8 Å². The van der Waals surface area contributed by atoms with Crippen LogP contribution in [0.3, 0.4) is 0 Å². The number of benzene rings is 2. The molecule has 1 saturated carbocycles. The summed E-state index contributed by atoms with van der Waals surface area (Å²) >= 11 is 0. The molecule has 7 heteroatoms. The molecule has 2 N–H and O–H groups in total. The lowest BCUT2D eigenvalue weighted by molar-refractivity contribution is -0.117. The van der Waals surface area contributed by atoms with Crippen molar-refractivity contribution in [3.05, 3.63) is 59.7 Å². The molecular weight excluding hydrogens is 380 g/mol. The number of piperazine rings is 1. The van der Waals surface area contributed by atoms with Crippen molar-refractivity contribution in [3.8, 4) is 0 Å². The summed E-state index contributed by atoms with van der Waals surface area (Å²) in [5.74, 6) is 0.133. The van der Waals surface area contributed by atoms with Gasteiger partial charge in [0.1, 0.15) is 0 Å². The molecule has 4 amide bonds. The molecule has 0 unspecified atom stereocenters. The predicted molar refractivity (Wildman–Crippen MR) is 115 cm³/mol. The predicted octanol–water partition coefficient (Wildman–Crippen LogP) is 3.33. The number of nitrogens with zero attached hydrogens (tertiary/aromatic N) is 2. The highest BCUT2D eigenvalue weighted by atomic mass is 16.2. The number of hydrogen-bond acceptors (Lipinski definition) is 3. The van der Waals surface area contributed by atoms with Crippen molar-refractivity contribution in [1.29, 1.82) is 0 Å². The third kappa shape index (κ3) is 4.79. The Morgan fingerprint density at radius 1 is 0.833 bits per heavy atom. The summed E-state index contributed by atoms with van der Waals surface area (Å²) in [4.78, 5) is 40.6. The van der Waals surface area contributed by atoms with Gasteiger partial charge in [0.2, 0.25) is 5.91 Å². The van der Waals surface area contributed by atoms with Crippen molar-refractivity contribution >= 4 is 29.2 Å². The van der Waals surface area contributed by atoms with E-state index in [-0.39, 0.29) is 23.8 Å². The van der Waals surface area contributed by atoms with Crippen LogP contribution < -0.4 is 10.6 Å². The monoisotopic (exact) mass is 406 g/mol. The van der Waals surface area contributed by atoms with Crippen molar-refractivity contribution in [2.24, 2.45) is 5.92 Å². The molecule has 1 aliphatic heterocycles. The smallest absolute Gasteiger partial charge is 0.321 e. The Balaban J connectivity index is 1.28. The number of carbonyl (C=O) groups is 3. The average Bonchev–Trinajstić information content (AvgIpc) is 3.59. The Morgan fingerprint density at radius 3 is 2.13 bits per heavy atom. The number of carbonyl (C=O) groups excluding carboxylic acids is 3. The second-order valence-corrected chi connectivity index (χ2v) is 7.92. The van der Waals surface area contributed by atoms with Crippen molar-refractivity contribution in [2.75, 3.05) is 36.8 Å². The van der Waals surface area contributed by atoms with Crippen LogP contribution >= 0.6 is 0 Å². The van der Waals surface area contributed by atoms with Crippen LogP contribution in [0.25, 0.3) is 0 Å². The van der Waals surface area contributed by atoms with Crippen molar-refractivity contribution < 1.29 is 14.4 Å². The summed E-state index contributed by atoms with van der Waals surface area (Å²) in [5.41, 5.74) is 3.15. The van der Waals surface area contributed by atoms with E-state index < -0.39 is 0 Å². The standard InChI is InChI=1S/C23H26N4O3/c1-16-3-2-4-20(15-16)25-23(30)27-13-11-26(12-14-27)22(29)18-7-9-19(10-8-18)24-21(28)17-5-6-17/h2-4,7-10,15,17H,5-6,11-14H2,1H3,(H,24,28)(H,25,30). The molecule has 2 aromatic rings. The summed E-state index contributed by atoms with van der Waals surface area (Å²) in [6, 6.07) is 14.5. The van der Waals surface area contributed by atoms with Crippen LogP contribution in [0.4, 0.5) is 16.2 Å². The molecule has 0 radical (unpaired) electrons. The zero-order chi connectivity index (χ0) is 21.1. The van der Waals surface area contributed by atoms with Gasteiger partial charge < -0.3 is 20.4 Å². The van der Waals surface area contributed by atoms with Gasteiger partial charge in [0.15, 0.2) is 0 Å².